The Bertz CT molecular complexity index is 1030. The lowest BCUT2D eigenvalue weighted by molar-refractivity contribution is 0.0759. The van der Waals surface area contributed by atoms with E-state index in [1.54, 1.807) is 23.0 Å². The zero-order chi connectivity index (χ0) is 18.1. The molecule has 0 saturated heterocycles. The fourth-order valence-corrected chi connectivity index (χ4v) is 4.95. The van der Waals surface area contributed by atoms with Gasteiger partial charge in [-0.1, -0.05) is 12.1 Å². The van der Waals surface area contributed by atoms with Crippen LogP contribution in [0.4, 0.5) is 5.69 Å². The van der Waals surface area contributed by atoms with E-state index in [9.17, 15) is 8.42 Å². The maximum absolute atomic E-state index is 12.4. The van der Waals surface area contributed by atoms with E-state index in [0.29, 0.717) is 24.6 Å². The van der Waals surface area contributed by atoms with Gasteiger partial charge in [0.1, 0.15) is 10.8 Å². The number of thiophene rings is 1. The molecular weight excluding hydrogens is 374 g/mol. The van der Waals surface area contributed by atoms with Crippen LogP contribution >= 0.6 is 11.3 Å². The second-order valence-electron chi connectivity index (χ2n) is 5.92. The number of fused-ring (bicyclic) bond motifs is 1. The molecule has 0 saturated carbocycles. The van der Waals surface area contributed by atoms with Crippen LogP contribution in [-0.2, 0) is 16.6 Å². The van der Waals surface area contributed by atoms with E-state index in [-0.39, 0.29) is 10.3 Å². The van der Waals surface area contributed by atoms with Gasteiger partial charge in [0, 0.05) is 11.1 Å². The van der Waals surface area contributed by atoms with Gasteiger partial charge in [-0.25, -0.2) is 8.42 Å². The molecular formula is C17H17N3O4S2. The van der Waals surface area contributed by atoms with Crippen LogP contribution in [0, 0.1) is 6.92 Å². The quantitative estimate of drug-likeness (QED) is 0.723. The monoisotopic (exact) mass is 391 g/mol. The molecule has 26 heavy (non-hydrogen) atoms. The van der Waals surface area contributed by atoms with Gasteiger partial charge in [0.05, 0.1) is 18.4 Å². The largest absolute Gasteiger partial charge is 0.486 e. The van der Waals surface area contributed by atoms with Crippen LogP contribution in [0.25, 0.3) is 0 Å². The average Bonchev–Trinajstić information content (AvgIpc) is 3.24. The number of benzene rings is 1. The Balaban J connectivity index is 1.42. The molecule has 3 heterocycles. The van der Waals surface area contributed by atoms with Crippen LogP contribution in [0.2, 0.25) is 0 Å². The molecule has 4 rings (SSSR count). The molecule has 1 N–H and O–H groups in total. The highest BCUT2D eigenvalue weighted by Gasteiger charge is 2.22. The summed E-state index contributed by atoms with van der Waals surface area (Å²) in [6.45, 7) is 2.73. The van der Waals surface area contributed by atoms with E-state index in [4.69, 9.17) is 9.47 Å². The summed E-state index contributed by atoms with van der Waals surface area (Å²) >= 11 is 1.23. The molecule has 7 nitrogen and oxygen atoms in total. The maximum Gasteiger partial charge on any atom is 0.271 e. The van der Waals surface area contributed by atoms with E-state index in [2.05, 4.69) is 9.82 Å². The van der Waals surface area contributed by atoms with Crippen LogP contribution in [0.15, 0.2) is 53.0 Å². The zero-order valence-corrected chi connectivity index (χ0v) is 15.6. The zero-order valence-electron chi connectivity index (χ0n) is 14.0. The summed E-state index contributed by atoms with van der Waals surface area (Å²) in [6.07, 6.45) is 2.92. The molecule has 0 unspecified atom stereocenters. The number of nitrogens with zero attached hydrogens (tertiary/aromatic N) is 2. The Labute approximate surface area is 155 Å². The summed E-state index contributed by atoms with van der Waals surface area (Å²) in [5.41, 5.74) is 0.410. The topological polar surface area (TPSA) is 82.5 Å². The number of sulfonamides is 1. The van der Waals surface area contributed by atoms with Crippen LogP contribution in [0.3, 0.4) is 0 Å². The first-order valence-corrected chi connectivity index (χ1v) is 10.3. The first-order chi connectivity index (χ1) is 12.5. The van der Waals surface area contributed by atoms with Crippen molar-refractivity contribution in [2.75, 3.05) is 11.3 Å². The summed E-state index contributed by atoms with van der Waals surface area (Å²) in [7, 11) is -3.59. The van der Waals surface area contributed by atoms with Crippen LogP contribution in [0.1, 0.15) is 4.88 Å². The molecule has 0 radical (unpaired) electrons. The van der Waals surface area contributed by atoms with Gasteiger partial charge in [-0.15, -0.1) is 11.3 Å². The van der Waals surface area contributed by atoms with E-state index in [1.807, 2.05) is 31.2 Å². The van der Waals surface area contributed by atoms with Crippen molar-refractivity contribution in [2.24, 2.45) is 0 Å². The third kappa shape index (κ3) is 3.54. The van der Waals surface area contributed by atoms with Crippen LogP contribution in [-0.4, -0.2) is 30.9 Å². The molecule has 1 aliphatic rings. The van der Waals surface area contributed by atoms with E-state index in [0.717, 1.165) is 10.6 Å². The number of hydrogen-bond acceptors (Lipinski definition) is 6. The maximum atomic E-state index is 12.4. The average molecular weight is 391 g/mol. The highest BCUT2D eigenvalue weighted by atomic mass is 32.2. The van der Waals surface area contributed by atoms with Gasteiger partial charge in [-0.05, 0) is 31.2 Å². The molecule has 0 fully saturated rings. The van der Waals surface area contributed by atoms with Crippen LogP contribution in [0.5, 0.6) is 11.5 Å². The number of hydrogen-bond donors (Lipinski definition) is 1. The summed E-state index contributed by atoms with van der Waals surface area (Å²) < 4.78 is 40.8. The predicted octanol–water partition coefficient (Wildman–Crippen LogP) is 2.89. The number of aromatic nitrogens is 2. The van der Waals surface area contributed by atoms with E-state index >= 15 is 0 Å². The van der Waals surface area contributed by atoms with Crippen molar-refractivity contribution in [2.45, 2.75) is 23.8 Å². The van der Waals surface area contributed by atoms with Crippen molar-refractivity contribution in [3.05, 3.63) is 53.7 Å². The SMILES string of the molecule is Cc1ccc(S(=O)(=O)Nc2cnn(C[C@@H]3COc4ccccc4O3)c2)s1. The second kappa shape index (κ2) is 6.65. The normalized spacial score (nSPS) is 16.4. The Morgan fingerprint density at radius 1 is 1.27 bits per heavy atom. The molecule has 0 amide bonds. The summed E-state index contributed by atoms with van der Waals surface area (Å²) in [6, 6.07) is 10.9. The van der Waals surface area contributed by atoms with E-state index in [1.165, 1.54) is 17.5 Å². The Morgan fingerprint density at radius 3 is 2.85 bits per heavy atom. The van der Waals surface area contributed by atoms with Crippen molar-refractivity contribution >= 4 is 27.0 Å². The summed E-state index contributed by atoms with van der Waals surface area (Å²) in [5, 5.41) is 4.21. The fourth-order valence-electron chi connectivity index (χ4n) is 2.64. The van der Waals surface area contributed by atoms with Gasteiger partial charge in [0.2, 0.25) is 0 Å². The number of rotatable bonds is 5. The first kappa shape index (κ1) is 16.9. The van der Waals surface area contributed by atoms with Gasteiger partial charge in [0.25, 0.3) is 10.0 Å². The lowest BCUT2D eigenvalue weighted by atomic mass is 10.2. The van der Waals surface area contributed by atoms with E-state index < -0.39 is 10.0 Å². The number of anilines is 1. The molecule has 2 aromatic heterocycles. The molecule has 1 aromatic carbocycles. The fraction of sp³-hybridized carbons (Fsp3) is 0.235. The van der Waals surface area contributed by atoms with Crippen molar-refractivity contribution in [3.8, 4) is 11.5 Å². The van der Waals surface area contributed by atoms with Crippen molar-refractivity contribution < 1.29 is 17.9 Å². The highest BCUT2D eigenvalue weighted by molar-refractivity contribution is 7.94. The van der Waals surface area contributed by atoms with Crippen molar-refractivity contribution in [1.29, 1.82) is 0 Å². The van der Waals surface area contributed by atoms with Crippen molar-refractivity contribution in [1.82, 2.24) is 9.78 Å². The Kier molecular flexibility index (Phi) is 4.33. The smallest absolute Gasteiger partial charge is 0.271 e. The summed E-state index contributed by atoms with van der Waals surface area (Å²) in [4.78, 5) is 0.941. The van der Waals surface area contributed by atoms with Gasteiger partial charge in [-0.3, -0.25) is 9.40 Å². The molecule has 1 atom stereocenters. The predicted molar refractivity (Wildman–Crippen MR) is 98.4 cm³/mol. The van der Waals surface area contributed by atoms with Gasteiger partial charge in [-0.2, -0.15) is 5.10 Å². The van der Waals surface area contributed by atoms with Gasteiger partial charge in [0.15, 0.2) is 17.6 Å². The number of aryl methyl sites for hydroxylation is 1. The third-order valence-corrected chi connectivity index (χ3v) is 6.70. The Hall–Kier alpha value is -2.52. The van der Waals surface area contributed by atoms with Crippen molar-refractivity contribution in [3.63, 3.8) is 0 Å². The Morgan fingerprint density at radius 2 is 2.08 bits per heavy atom. The minimum absolute atomic E-state index is 0.200. The molecule has 3 aromatic rings. The number of para-hydroxylation sites is 2. The highest BCUT2D eigenvalue weighted by Crippen LogP contribution is 2.31. The lowest BCUT2D eigenvalue weighted by Crippen LogP contribution is -2.33. The molecule has 136 valence electrons. The molecule has 0 aliphatic carbocycles. The third-order valence-electron chi connectivity index (χ3n) is 3.82. The lowest BCUT2D eigenvalue weighted by Gasteiger charge is -2.26. The van der Waals surface area contributed by atoms with Crippen LogP contribution < -0.4 is 14.2 Å². The molecule has 0 bridgehead atoms. The minimum atomic E-state index is -3.59. The second-order valence-corrected chi connectivity index (χ2v) is 9.12. The van der Waals surface area contributed by atoms with Gasteiger partial charge >= 0.3 is 0 Å². The molecule has 9 heteroatoms. The molecule has 0 spiro atoms. The standard InChI is InChI=1S/C17H17N3O4S2/c1-12-6-7-17(25-12)26(21,22)19-13-8-18-20(9-13)10-14-11-23-15-4-2-3-5-16(15)24-14/h2-9,14,19H,10-11H2,1H3/t14-/m1/s1. The summed E-state index contributed by atoms with van der Waals surface area (Å²) in [5.74, 6) is 1.42. The number of nitrogens with one attached hydrogen (secondary N) is 1. The first-order valence-electron chi connectivity index (χ1n) is 8.00. The molecule has 1 aliphatic heterocycles. The van der Waals surface area contributed by atoms with Gasteiger partial charge < -0.3 is 9.47 Å². The number of ether oxygens (including phenoxy) is 2. The minimum Gasteiger partial charge on any atom is -0.486 e.